The van der Waals surface area contributed by atoms with Crippen LogP contribution in [0.5, 0.6) is 0 Å². The van der Waals surface area contributed by atoms with E-state index in [1.165, 1.54) is 18.4 Å². The molecule has 0 radical (unpaired) electrons. The Balaban J connectivity index is 2.31. The van der Waals surface area contributed by atoms with Gasteiger partial charge in [0.05, 0.1) is 11.2 Å². The number of pyridine rings is 1. The van der Waals surface area contributed by atoms with E-state index in [1.807, 2.05) is 6.20 Å². The van der Waals surface area contributed by atoms with Crippen LogP contribution < -0.4 is 5.73 Å². The molecule has 2 N–H and O–H groups in total. The number of rotatable bonds is 2. The Bertz CT molecular complexity index is 338. The second kappa shape index (κ2) is 3.93. The maximum Gasteiger partial charge on any atom is 0.0605 e. The summed E-state index contributed by atoms with van der Waals surface area (Å²) in [5.74, 6) is 0.553. The predicted molar refractivity (Wildman–Crippen MR) is 62.7 cm³/mol. The normalized spacial score (nSPS) is 19.7. The molecule has 0 bridgehead atoms. The van der Waals surface area contributed by atoms with Crippen molar-refractivity contribution in [3.8, 4) is 0 Å². The standard InChI is InChI=1S/C13H20N2/c1-10(2)11-5-8-15-12(9-11)13(14)6-3-4-7-13/h5,8-10H,3-4,6-7,14H2,1-2H3. The molecule has 0 amide bonds. The highest BCUT2D eigenvalue weighted by Gasteiger charge is 2.32. The number of hydrogen-bond donors (Lipinski definition) is 1. The van der Waals surface area contributed by atoms with Crippen LogP contribution >= 0.6 is 0 Å². The van der Waals surface area contributed by atoms with Gasteiger partial charge in [0, 0.05) is 6.20 Å². The summed E-state index contributed by atoms with van der Waals surface area (Å²) in [6.45, 7) is 4.41. The van der Waals surface area contributed by atoms with Crippen LogP contribution in [0.3, 0.4) is 0 Å². The summed E-state index contributed by atoms with van der Waals surface area (Å²) in [7, 11) is 0. The summed E-state index contributed by atoms with van der Waals surface area (Å²) >= 11 is 0. The first-order valence-corrected chi connectivity index (χ1v) is 5.87. The molecule has 2 nitrogen and oxygen atoms in total. The Kier molecular flexibility index (Phi) is 2.79. The molecule has 1 aromatic rings. The van der Waals surface area contributed by atoms with E-state index in [4.69, 9.17) is 5.73 Å². The van der Waals surface area contributed by atoms with Crippen LogP contribution in [0.25, 0.3) is 0 Å². The molecule has 1 aliphatic rings. The van der Waals surface area contributed by atoms with Gasteiger partial charge in [-0.2, -0.15) is 0 Å². The van der Waals surface area contributed by atoms with Gasteiger partial charge in [0.2, 0.25) is 0 Å². The van der Waals surface area contributed by atoms with E-state index in [2.05, 4.69) is 31.0 Å². The average molecular weight is 204 g/mol. The van der Waals surface area contributed by atoms with Crippen molar-refractivity contribution in [2.75, 3.05) is 0 Å². The van der Waals surface area contributed by atoms with Gasteiger partial charge in [-0.15, -0.1) is 0 Å². The molecule has 2 heteroatoms. The highest BCUT2D eigenvalue weighted by Crippen LogP contribution is 2.35. The van der Waals surface area contributed by atoms with E-state index in [1.54, 1.807) is 0 Å². The van der Waals surface area contributed by atoms with Crippen molar-refractivity contribution >= 4 is 0 Å². The quantitative estimate of drug-likeness (QED) is 0.804. The van der Waals surface area contributed by atoms with Gasteiger partial charge in [0.1, 0.15) is 0 Å². The maximum absolute atomic E-state index is 6.39. The topological polar surface area (TPSA) is 38.9 Å². The van der Waals surface area contributed by atoms with Gasteiger partial charge in [0.25, 0.3) is 0 Å². The first-order chi connectivity index (χ1) is 7.12. The average Bonchev–Trinajstić information content (AvgIpc) is 2.67. The lowest BCUT2D eigenvalue weighted by molar-refractivity contribution is 0.446. The minimum atomic E-state index is -0.148. The van der Waals surface area contributed by atoms with Crippen molar-refractivity contribution in [2.24, 2.45) is 5.73 Å². The van der Waals surface area contributed by atoms with E-state index in [0.29, 0.717) is 5.92 Å². The van der Waals surface area contributed by atoms with Crippen LogP contribution in [-0.4, -0.2) is 4.98 Å². The molecule has 0 atom stereocenters. The Morgan fingerprint density at radius 1 is 1.33 bits per heavy atom. The highest BCUT2D eigenvalue weighted by molar-refractivity contribution is 5.25. The van der Waals surface area contributed by atoms with Crippen LogP contribution in [0.15, 0.2) is 18.3 Å². The molecule has 0 saturated heterocycles. The van der Waals surface area contributed by atoms with Crippen LogP contribution in [0.1, 0.15) is 56.7 Å². The van der Waals surface area contributed by atoms with Crippen molar-refractivity contribution in [1.82, 2.24) is 4.98 Å². The van der Waals surface area contributed by atoms with Crippen molar-refractivity contribution < 1.29 is 0 Å². The molecule has 1 fully saturated rings. The summed E-state index contributed by atoms with van der Waals surface area (Å²) in [6.07, 6.45) is 6.55. The first-order valence-electron chi connectivity index (χ1n) is 5.87. The molecule has 82 valence electrons. The largest absolute Gasteiger partial charge is 0.320 e. The Morgan fingerprint density at radius 3 is 2.60 bits per heavy atom. The fourth-order valence-corrected chi connectivity index (χ4v) is 2.34. The van der Waals surface area contributed by atoms with Gasteiger partial charge in [-0.05, 0) is 36.5 Å². The number of hydrogen-bond acceptors (Lipinski definition) is 2. The number of nitrogens with zero attached hydrogens (tertiary/aromatic N) is 1. The number of aromatic nitrogens is 1. The van der Waals surface area contributed by atoms with Gasteiger partial charge >= 0.3 is 0 Å². The third-order valence-electron chi connectivity index (χ3n) is 3.46. The SMILES string of the molecule is CC(C)c1ccnc(C2(N)CCCC2)c1. The fourth-order valence-electron chi connectivity index (χ4n) is 2.34. The van der Waals surface area contributed by atoms with Gasteiger partial charge in [-0.1, -0.05) is 26.7 Å². The van der Waals surface area contributed by atoms with Crippen LogP contribution in [0, 0.1) is 0 Å². The van der Waals surface area contributed by atoms with E-state index < -0.39 is 0 Å². The monoisotopic (exact) mass is 204 g/mol. The van der Waals surface area contributed by atoms with E-state index >= 15 is 0 Å². The number of nitrogens with two attached hydrogens (primary N) is 1. The van der Waals surface area contributed by atoms with E-state index in [-0.39, 0.29) is 5.54 Å². The Morgan fingerprint density at radius 2 is 2.00 bits per heavy atom. The molecular formula is C13H20N2. The van der Waals surface area contributed by atoms with Gasteiger partial charge < -0.3 is 5.73 Å². The van der Waals surface area contributed by atoms with E-state index in [9.17, 15) is 0 Å². The summed E-state index contributed by atoms with van der Waals surface area (Å²) in [4.78, 5) is 4.45. The van der Waals surface area contributed by atoms with Crippen LogP contribution in [0.2, 0.25) is 0 Å². The van der Waals surface area contributed by atoms with Crippen molar-refractivity contribution in [3.05, 3.63) is 29.6 Å². The third kappa shape index (κ3) is 2.05. The summed E-state index contributed by atoms with van der Waals surface area (Å²) in [6, 6.07) is 4.28. The van der Waals surface area contributed by atoms with Crippen molar-refractivity contribution in [3.63, 3.8) is 0 Å². The molecule has 0 aromatic carbocycles. The molecule has 1 saturated carbocycles. The lowest BCUT2D eigenvalue weighted by Gasteiger charge is -2.23. The van der Waals surface area contributed by atoms with Crippen molar-refractivity contribution in [1.29, 1.82) is 0 Å². The molecule has 1 aliphatic carbocycles. The lowest BCUT2D eigenvalue weighted by atomic mass is 9.91. The minimum Gasteiger partial charge on any atom is -0.320 e. The molecule has 1 aromatic heterocycles. The molecule has 2 rings (SSSR count). The first kappa shape index (κ1) is 10.6. The summed E-state index contributed by atoms with van der Waals surface area (Å²) in [5, 5.41) is 0. The molecule has 15 heavy (non-hydrogen) atoms. The summed E-state index contributed by atoms with van der Waals surface area (Å²) in [5.41, 5.74) is 8.67. The Labute approximate surface area is 91.9 Å². The van der Waals surface area contributed by atoms with Gasteiger partial charge in [-0.3, -0.25) is 4.98 Å². The van der Waals surface area contributed by atoms with Crippen molar-refractivity contribution in [2.45, 2.75) is 51.0 Å². The molecule has 1 heterocycles. The second-order valence-corrected chi connectivity index (χ2v) is 4.99. The fraction of sp³-hybridized carbons (Fsp3) is 0.615. The second-order valence-electron chi connectivity index (χ2n) is 4.99. The molecule has 0 unspecified atom stereocenters. The van der Waals surface area contributed by atoms with Crippen LogP contribution in [-0.2, 0) is 5.54 Å². The van der Waals surface area contributed by atoms with E-state index in [0.717, 1.165) is 18.5 Å². The zero-order chi connectivity index (χ0) is 10.9. The molecule has 0 spiro atoms. The minimum absolute atomic E-state index is 0.148. The lowest BCUT2D eigenvalue weighted by Crippen LogP contribution is -2.34. The predicted octanol–water partition coefficient (Wildman–Crippen LogP) is 2.93. The summed E-state index contributed by atoms with van der Waals surface area (Å²) < 4.78 is 0. The zero-order valence-electron chi connectivity index (χ0n) is 9.66. The smallest absolute Gasteiger partial charge is 0.0605 e. The zero-order valence-corrected chi connectivity index (χ0v) is 9.66. The molecule has 0 aliphatic heterocycles. The van der Waals surface area contributed by atoms with Gasteiger partial charge in [0.15, 0.2) is 0 Å². The maximum atomic E-state index is 6.39. The molecular weight excluding hydrogens is 184 g/mol. The third-order valence-corrected chi connectivity index (χ3v) is 3.46. The highest BCUT2D eigenvalue weighted by atomic mass is 14.8. The van der Waals surface area contributed by atoms with Crippen LogP contribution in [0.4, 0.5) is 0 Å². The Hall–Kier alpha value is -0.890. The van der Waals surface area contributed by atoms with Gasteiger partial charge in [-0.25, -0.2) is 0 Å².